The van der Waals surface area contributed by atoms with Gasteiger partial charge >= 0.3 is 5.97 Å². The number of benzene rings is 1. The number of rotatable bonds is 6. The highest BCUT2D eigenvalue weighted by atomic mass is 32.2. The molecule has 1 aliphatic heterocycles. The molecule has 1 unspecified atom stereocenters. The number of hydrogen-bond acceptors (Lipinski definition) is 8. The molecule has 10 heteroatoms. The van der Waals surface area contributed by atoms with E-state index in [2.05, 4.69) is 5.16 Å². The number of hydrogen-bond donors (Lipinski definition) is 0. The van der Waals surface area contributed by atoms with E-state index in [9.17, 15) is 18.0 Å². The number of carbonyl (C=O) groups is 2. The van der Waals surface area contributed by atoms with Gasteiger partial charge in [-0.05, 0) is 39.7 Å². The predicted molar refractivity (Wildman–Crippen MR) is 114 cm³/mol. The average Bonchev–Trinajstić information content (AvgIpc) is 3.31. The molecule has 1 aliphatic rings. The van der Waals surface area contributed by atoms with Gasteiger partial charge in [0.25, 0.3) is 0 Å². The second-order valence-corrected chi connectivity index (χ2v) is 9.81. The predicted octanol–water partition coefficient (Wildman–Crippen LogP) is 3.17. The average molecular weight is 461 g/mol. The molecule has 2 aromatic heterocycles. The number of ketones is 1. The molecule has 9 nitrogen and oxygen atoms in total. The Labute approximate surface area is 185 Å². The highest BCUT2D eigenvalue weighted by molar-refractivity contribution is 7.89. The van der Waals surface area contributed by atoms with Gasteiger partial charge in [0.1, 0.15) is 16.2 Å². The van der Waals surface area contributed by atoms with Crippen molar-refractivity contribution >= 4 is 32.7 Å². The van der Waals surface area contributed by atoms with Crippen LogP contribution in [0, 0.1) is 26.7 Å². The van der Waals surface area contributed by atoms with E-state index >= 15 is 0 Å². The molecule has 1 saturated heterocycles. The zero-order valence-corrected chi connectivity index (χ0v) is 18.9. The van der Waals surface area contributed by atoms with Crippen molar-refractivity contribution in [2.75, 3.05) is 19.7 Å². The third-order valence-corrected chi connectivity index (χ3v) is 7.84. The number of esters is 1. The normalized spacial score (nSPS) is 17.5. The summed E-state index contributed by atoms with van der Waals surface area (Å²) in [5, 5.41) is 4.54. The third kappa shape index (κ3) is 3.95. The smallest absolute Gasteiger partial charge is 0.310 e. The number of nitrogens with zero attached hydrogens (tertiary/aromatic N) is 2. The Hall–Kier alpha value is -2.98. The van der Waals surface area contributed by atoms with Crippen LogP contribution in [0.1, 0.15) is 40.4 Å². The second-order valence-electron chi connectivity index (χ2n) is 7.94. The van der Waals surface area contributed by atoms with Crippen LogP contribution in [0.15, 0.2) is 38.1 Å². The number of aryl methyl sites for hydroxylation is 3. The summed E-state index contributed by atoms with van der Waals surface area (Å²) in [7, 11) is -3.85. The number of Topliss-reactive ketones (excluding diaryl/α,β-unsaturated/α-hetero) is 1. The summed E-state index contributed by atoms with van der Waals surface area (Å²) >= 11 is 0. The number of furan rings is 1. The van der Waals surface area contributed by atoms with Crippen LogP contribution in [0.3, 0.4) is 0 Å². The fourth-order valence-corrected chi connectivity index (χ4v) is 5.90. The quantitative estimate of drug-likeness (QED) is 0.406. The van der Waals surface area contributed by atoms with Gasteiger partial charge in [-0.25, -0.2) is 8.42 Å². The van der Waals surface area contributed by atoms with Crippen molar-refractivity contribution in [3.8, 4) is 0 Å². The minimum atomic E-state index is -3.85. The molecule has 0 N–H and O–H groups in total. The van der Waals surface area contributed by atoms with E-state index in [1.807, 2.05) is 18.2 Å². The highest BCUT2D eigenvalue weighted by Crippen LogP contribution is 2.29. The third-order valence-electron chi connectivity index (χ3n) is 5.73. The molecule has 3 aromatic rings. The molecule has 4 rings (SSSR count). The molecule has 0 spiro atoms. The van der Waals surface area contributed by atoms with Gasteiger partial charge in [0.15, 0.2) is 18.1 Å². The summed E-state index contributed by atoms with van der Waals surface area (Å²) in [6.07, 6.45) is 0.976. The molecule has 3 heterocycles. The lowest BCUT2D eigenvalue weighted by molar-refractivity contribution is -0.148. The van der Waals surface area contributed by atoms with E-state index in [4.69, 9.17) is 13.7 Å². The van der Waals surface area contributed by atoms with E-state index in [1.165, 1.54) is 11.2 Å². The zero-order chi connectivity index (χ0) is 23.0. The van der Waals surface area contributed by atoms with E-state index in [-0.39, 0.29) is 35.2 Å². The van der Waals surface area contributed by atoms with Gasteiger partial charge < -0.3 is 13.7 Å². The van der Waals surface area contributed by atoms with Crippen LogP contribution in [0.4, 0.5) is 0 Å². The maximum absolute atomic E-state index is 13.0. The molecule has 1 fully saturated rings. The van der Waals surface area contributed by atoms with Crippen molar-refractivity contribution in [3.05, 3.63) is 47.0 Å². The Kier molecular flexibility index (Phi) is 5.91. The molecule has 0 bridgehead atoms. The Morgan fingerprint density at radius 2 is 1.97 bits per heavy atom. The molecule has 0 radical (unpaired) electrons. The van der Waals surface area contributed by atoms with Gasteiger partial charge in [0, 0.05) is 24.0 Å². The zero-order valence-electron chi connectivity index (χ0n) is 18.1. The molecule has 0 aliphatic carbocycles. The summed E-state index contributed by atoms with van der Waals surface area (Å²) in [4.78, 5) is 25.2. The topological polar surface area (TPSA) is 120 Å². The molecule has 1 aromatic carbocycles. The minimum absolute atomic E-state index is 0.0247. The first-order valence-corrected chi connectivity index (χ1v) is 11.7. The standard InChI is InChI=1S/C22H24N2O7S/c1-13-17-8-4-5-9-19(17)30-20(13)18(25)12-29-22(26)16-7-6-10-24(11-16)32(27,28)21-14(2)23-31-15(21)3/h4-5,8-9,16H,6-7,10-12H2,1-3H3. The number of ether oxygens (including phenoxy) is 1. The maximum Gasteiger partial charge on any atom is 0.310 e. The van der Waals surface area contributed by atoms with Crippen LogP contribution in [0.25, 0.3) is 11.0 Å². The van der Waals surface area contributed by atoms with E-state index in [0.717, 1.165) is 5.39 Å². The van der Waals surface area contributed by atoms with Crippen LogP contribution < -0.4 is 0 Å². The van der Waals surface area contributed by atoms with Crippen LogP contribution in [-0.2, 0) is 19.6 Å². The number of carbonyl (C=O) groups excluding carboxylic acids is 2. The lowest BCUT2D eigenvalue weighted by Gasteiger charge is -2.30. The van der Waals surface area contributed by atoms with E-state index < -0.39 is 34.3 Å². The SMILES string of the molecule is Cc1noc(C)c1S(=O)(=O)N1CCCC(C(=O)OCC(=O)c2oc3ccccc3c2C)C1. The van der Waals surface area contributed by atoms with Gasteiger partial charge in [0.2, 0.25) is 15.8 Å². The van der Waals surface area contributed by atoms with Gasteiger partial charge in [-0.3, -0.25) is 9.59 Å². The fraction of sp³-hybridized carbons (Fsp3) is 0.409. The molecule has 32 heavy (non-hydrogen) atoms. The van der Waals surface area contributed by atoms with Crippen molar-refractivity contribution < 1.29 is 31.7 Å². The Morgan fingerprint density at radius 1 is 1.22 bits per heavy atom. The first kappa shape index (κ1) is 22.2. The number of fused-ring (bicyclic) bond motifs is 1. The Bertz CT molecular complexity index is 1270. The summed E-state index contributed by atoms with van der Waals surface area (Å²) < 4.78 is 43.2. The highest BCUT2D eigenvalue weighted by Gasteiger charge is 2.37. The Balaban J connectivity index is 1.42. The Morgan fingerprint density at radius 3 is 2.66 bits per heavy atom. The number of aromatic nitrogens is 1. The van der Waals surface area contributed by atoms with Crippen LogP contribution >= 0.6 is 0 Å². The maximum atomic E-state index is 13.0. The first-order valence-electron chi connectivity index (χ1n) is 10.3. The summed E-state index contributed by atoms with van der Waals surface area (Å²) in [6.45, 7) is 4.67. The van der Waals surface area contributed by atoms with Gasteiger partial charge in [-0.1, -0.05) is 23.4 Å². The molecule has 0 amide bonds. The second kappa shape index (κ2) is 8.51. The number of sulfonamides is 1. The van der Waals surface area contributed by atoms with Crippen LogP contribution in [0.5, 0.6) is 0 Å². The van der Waals surface area contributed by atoms with Crippen molar-refractivity contribution in [3.63, 3.8) is 0 Å². The summed E-state index contributed by atoms with van der Waals surface area (Å²) in [5.41, 5.74) is 1.56. The monoisotopic (exact) mass is 460 g/mol. The van der Waals surface area contributed by atoms with Gasteiger partial charge in [-0.15, -0.1) is 0 Å². The van der Waals surface area contributed by atoms with Gasteiger partial charge in [-0.2, -0.15) is 4.31 Å². The molecule has 170 valence electrons. The lowest BCUT2D eigenvalue weighted by Crippen LogP contribution is -2.43. The largest absolute Gasteiger partial charge is 0.457 e. The van der Waals surface area contributed by atoms with Crippen molar-refractivity contribution in [1.29, 1.82) is 0 Å². The van der Waals surface area contributed by atoms with Crippen molar-refractivity contribution in [2.45, 2.75) is 38.5 Å². The first-order chi connectivity index (χ1) is 15.2. The van der Waals surface area contributed by atoms with E-state index in [1.54, 1.807) is 19.9 Å². The molecule has 1 atom stereocenters. The van der Waals surface area contributed by atoms with E-state index in [0.29, 0.717) is 24.0 Å². The summed E-state index contributed by atoms with van der Waals surface area (Å²) in [5.74, 6) is -1.35. The van der Waals surface area contributed by atoms with Crippen molar-refractivity contribution in [1.82, 2.24) is 9.46 Å². The van der Waals surface area contributed by atoms with Crippen LogP contribution in [0.2, 0.25) is 0 Å². The molecule has 0 saturated carbocycles. The summed E-state index contributed by atoms with van der Waals surface area (Å²) in [6, 6.07) is 7.28. The molecular formula is C22H24N2O7S. The van der Waals surface area contributed by atoms with Crippen LogP contribution in [-0.4, -0.2) is 49.3 Å². The van der Waals surface area contributed by atoms with Crippen molar-refractivity contribution in [2.24, 2.45) is 5.92 Å². The molecular weight excluding hydrogens is 436 g/mol. The number of para-hydroxylation sites is 1. The fourth-order valence-electron chi connectivity index (χ4n) is 4.09. The number of piperidine rings is 1. The lowest BCUT2D eigenvalue weighted by atomic mass is 10.00. The van der Waals surface area contributed by atoms with Gasteiger partial charge in [0.05, 0.1) is 5.92 Å². The minimum Gasteiger partial charge on any atom is -0.457 e.